The number of hydrogen-bond donors (Lipinski definition) is 3. The molecule has 5 aliphatic carbocycles. The lowest BCUT2D eigenvalue weighted by Crippen LogP contribution is -2.60. The van der Waals surface area contributed by atoms with E-state index >= 15 is 0 Å². The van der Waals surface area contributed by atoms with E-state index in [-0.39, 0.29) is 39.8 Å². The molecule has 5 heteroatoms. The molecule has 2 aliphatic heterocycles. The minimum atomic E-state index is -1.01. The predicted octanol–water partition coefficient (Wildman–Crippen LogP) is 4.66. The smallest absolute Gasteiger partial charge is 0.199 e. The topological polar surface area (TPSA) is 79.2 Å². The van der Waals surface area contributed by atoms with Crippen molar-refractivity contribution in [2.75, 3.05) is 0 Å². The van der Waals surface area contributed by atoms with Crippen molar-refractivity contribution in [3.8, 4) is 0 Å². The lowest BCUT2D eigenvalue weighted by atomic mass is 9.41. The Kier molecular flexibility index (Phi) is 4.32. The average Bonchev–Trinajstić information content (AvgIpc) is 3.28. The fourth-order valence-electron chi connectivity index (χ4n) is 12.7. The molecule has 198 valence electrons. The van der Waals surface area contributed by atoms with Crippen LogP contribution in [0.3, 0.4) is 0 Å². The summed E-state index contributed by atoms with van der Waals surface area (Å²) in [6, 6.07) is 0. The minimum absolute atomic E-state index is 0.0331. The molecule has 35 heavy (non-hydrogen) atoms. The normalized spacial score (nSPS) is 63.9. The third-order valence-corrected chi connectivity index (χ3v) is 14.2. The third-order valence-electron chi connectivity index (χ3n) is 14.2. The van der Waals surface area contributed by atoms with Crippen molar-refractivity contribution in [1.29, 1.82) is 0 Å². The molecular formula is C30H48O5. The van der Waals surface area contributed by atoms with Crippen LogP contribution in [0.1, 0.15) is 99.8 Å². The summed E-state index contributed by atoms with van der Waals surface area (Å²) in [5.74, 6) is 0.523. The van der Waals surface area contributed by atoms with Gasteiger partial charge in [0.05, 0.1) is 17.8 Å². The van der Waals surface area contributed by atoms with Crippen molar-refractivity contribution in [1.82, 2.24) is 0 Å². The zero-order chi connectivity index (χ0) is 25.2. The maximum Gasteiger partial charge on any atom is 0.199 e. The van der Waals surface area contributed by atoms with Crippen LogP contribution in [0.5, 0.6) is 0 Å². The van der Waals surface area contributed by atoms with Gasteiger partial charge in [-0.3, -0.25) is 0 Å². The molecule has 0 aromatic rings. The van der Waals surface area contributed by atoms with Crippen LogP contribution in [0.4, 0.5) is 0 Å². The van der Waals surface area contributed by atoms with Crippen LogP contribution in [0.25, 0.3) is 0 Å². The van der Waals surface area contributed by atoms with Crippen LogP contribution in [-0.2, 0) is 9.47 Å². The molecular weight excluding hydrogens is 440 g/mol. The highest BCUT2D eigenvalue weighted by Gasteiger charge is 2.88. The molecule has 2 saturated heterocycles. The van der Waals surface area contributed by atoms with E-state index in [0.717, 1.165) is 38.5 Å². The Bertz CT molecular complexity index is 957. The van der Waals surface area contributed by atoms with Gasteiger partial charge in [-0.2, -0.15) is 0 Å². The van der Waals surface area contributed by atoms with Crippen molar-refractivity contribution in [3.63, 3.8) is 0 Å². The van der Waals surface area contributed by atoms with Gasteiger partial charge in [-0.05, 0) is 105 Å². The van der Waals surface area contributed by atoms with Crippen LogP contribution in [-0.4, -0.2) is 51.1 Å². The average molecular weight is 489 g/mol. The number of aliphatic hydroxyl groups excluding tert-OH is 2. The lowest BCUT2D eigenvalue weighted by molar-refractivity contribution is -0.282. The Morgan fingerprint density at radius 3 is 2.20 bits per heavy atom. The van der Waals surface area contributed by atoms with Gasteiger partial charge in [0.25, 0.3) is 0 Å². The summed E-state index contributed by atoms with van der Waals surface area (Å²) in [7, 11) is 0. The molecule has 0 amide bonds. The molecule has 0 radical (unpaired) electrons. The fourth-order valence-corrected chi connectivity index (χ4v) is 12.7. The molecule has 13 atom stereocenters. The second-order valence-electron chi connectivity index (χ2n) is 15.9. The molecule has 6 unspecified atom stereocenters. The van der Waals surface area contributed by atoms with Crippen LogP contribution in [0, 0.1) is 50.7 Å². The van der Waals surface area contributed by atoms with Crippen LogP contribution < -0.4 is 0 Å². The van der Waals surface area contributed by atoms with Gasteiger partial charge in [0.2, 0.25) is 0 Å². The van der Waals surface area contributed by atoms with E-state index in [1.54, 1.807) is 0 Å². The highest BCUT2D eigenvalue weighted by atomic mass is 16.8. The SMILES string of the molecule is C[C@@H]1C[C@H]2OC3(O[C@H]2C(C)(C)O)C(O)[C@@]2(C)[C@@H]4CCC5C(C)(C)[C@@H](O)CCC56CC46CC[C@]2(C)C13. The van der Waals surface area contributed by atoms with Crippen molar-refractivity contribution in [2.24, 2.45) is 50.7 Å². The zero-order valence-corrected chi connectivity index (χ0v) is 22.9. The van der Waals surface area contributed by atoms with E-state index in [4.69, 9.17) is 9.47 Å². The Morgan fingerprint density at radius 1 is 0.857 bits per heavy atom. The molecule has 0 aromatic carbocycles. The molecule has 7 rings (SSSR count). The highest BCUT2D eigenvalue weighted by Crippen LogP contribution is 2.90. The van der Waals surface area contributed by atoms with Crippen LogP contribution in [0.2, 0.25) is 0 Å². The summed E-state index contributed by atoms with van der Waals surface area (Å²) in [4.78, 5) is 0. The lowest BCUT2D eigenvalue weighted by Gasteiger charge is -2.63. The van der Waals surface area contributed by atoms with Gasteiger partial charge in [0, 0.05) is 11.3 Å². The zero-order valence-electron chi connectivity index (χ0n) is 22.9. The van der Waals surface area contributed by atoms with Crippen molar-refractivity contribution < 1.29 is 24.8 Å². The van der Waals surface area contributed by atoms with E-state index < -0.39 is 23.6 Å². The summed E-state index contributed by atoms with van der Waals surface area (Å²) in [5, 5.41) is 34.4. The molecule has 3 N–H and O–H groups in total. The van der Waals surface area contributed by atoms with Crippen LogP contribution in [0.15, 0.2) is 0 Å². The maximum absolute atomic E-state index is 12.5. The first-order valence-corrected chi connectivity index (χ1v) is 14.6. The Balaban J connectivity index is 1.33. The van der Waals surface area contributed by atoms with E-state index in [2.05, 4.69) is 34.6 Å². The molecule has 5 nitrogen and oxygen atoms in total. The number of fused-ring (bicyclic) bond motifs is 4. The predicted molar refractivity (Wildman–Crippen MR) is 132 cm³/mol. The van der Waals surface area contributed by atoms with Gasteiger partial charge in [0.1, 0.15) is 12.2 Å². The van der Waals surface area contributed by atoms with Gasteiger partial charge in [-0.15, -0.1) is 0 Å². The standard InChI is InChI=1S/C30H48O5/c1-16-14-17-22(25(4,5)33)35-30(34-17)21(16)26(6)12-13-29-15-28(29)11-10-20(31)24(2,3)18(28)8-9-19(29)27(26,7)23(30)32/h16-23,31-33H,8-15H2,1-7H3/t16-,17-,18?,19+,20+,21?,22-,23?,26-,27-,28?,29?,30?/m1/s1. The van der Waals surface area contributed by atoms with Crippen molar-refractivity contribution >= 4 is 0 Å². The quantitative estimate of drug-likeness (QED) is 0.500. The summed E-state index contributed by atoms with van der Waals surface area (Å²) in [5.41, 5.74) is -0.788. The maximum atomic E-state index is 12.5. The fraction of sp³-hybridized carbons (Fsp3) is 1.00. The number of ether oxygens (including phenoxy) is 2. The molecule has 3 spiro atoms. The summed E-state index contributed by atoms with van der Waals surface area (Å²) in [6.07, 6.45) is 7.36. The molecule has 7 aliphatic rings. The molecule has 2 heterocycles. The van der Waals surface area contributed by atoms with E-state index in [1.807, 2.05) is 13.8 Å². The van der Waals surface area contributed by atoms with Crippen molar-refractivity contribution in [3.05, 3.63) is 0 Å². The molecule has 0 aromatic heterocycles. The largest absolute Gasteiger partial charge is 0.393 e. The van der Waals surface area contributed by atoms with Gasteiger partial charge < -0.3 is 24.8 Å². The number of rotatable bonds is 1. The summed E-state index contributed by atoms with van der Waals surface area (Å²) < 4.78 is 13.6. The number of aliphatic hydroxyl groups is 3. The number of hydrogen-bond acceptors (Lipinski definition) is 5. The molecule has 5 saturated carbocycles. The Hall–Kier alpha value is -0.200. The summed E-state index contributed by atoms with van der Waals surface area (Å²) >= 11 is 0. The van der Waals surface area contributed by atoms with Gasteiger partial charge in [-0.25, -0.2) is 0 Å². The highest BCUT2D eigenvalue weighted by molar-refractivity contribution is 5.34. The Labute approximate surface area is 211 Å². The van der Waals surface area contributed by atoms with Gasteiger partial charge >= 0.3 is 0 Å². The minimum Gasteiger partial charge on any atom is -0.393 e. The monoisotopic (exact) mass is 488 g/mol. The van der Waals surface area contributed by atoms with E-state index in [0.29, 0.717) is 23.2 Å². The van der Waals surface area contributed by atoms with Crippen molar-refractivity contribution in [2.45, 2.75) is 136 Å². The van der Waals surface area contributed by atoms with E-state index in [1.165, 1.54) is 12.8 Å². The third kappa shape index (κ3) is 2.30. The van der Waals surface area contributed by atoms with E-state index in [9.17, 15) is 15.3 Å². The Morgan fingerprint density at radius 2 is 1.51 bits per heavy atom. The first-order chi connectivity index (χ1) is 16.1. The first-order valence-electron chi connectivity index (χ1n) is 14.6. The molecule has 2 bridgehead atoms. The molecule has 7 fully saturated rings. The van der Waals surface area contributed by atoms with Gasteiger partial charge in [0.15, 0.2) is 5.79 Å². The first kappa shape index (κ1) is 23.9. The second-order valence-corrected chi connectivity index (χ2v) is 15.9. The summed E-state index contributed by atoms with van der Waals surface area (Å²) in [6.45, 7) is 15.4. The van der Waals surface area contributed by atoms with Gasteiger partial charge in [-0.1, -0.05) is 34.6 Å². The second kappa shape index (κ2) is 6.33. The van der Waals surface area contributed by atoms with Crippen LogP contribution >= 0.6 is 0 Å².